The van der Waals surface area contributed by atoms with Crippen LogP contribution < -0.4 is 10.1 Å². The lowest BCUT2D eigenvalue weighted by molar-refractivity contribution is -0.115. The Balaban J connectivity index is 1.79. The standard InChI is InChI=1S/C20H25NO2S/c1-15-11-12-19(23-3)18(14-15)21-20(22)16(2)24-13-7-10-17-8-5-4-6-9-17/h4-6,8-9,11-12,14,16H,7,10,13H2,1-3H3,(H,21,22). The Morgan fingerprint density at radius 2 is 1.96 bits per heavy atom. The van der Waals surface area contributed by atoms with E-state index in [2.05, 4.69) is 29.6 Å². The molecule has 2 aromatic carbocycles. The first-order valence-corrected chi connectivity index (χ1v) is 9.26. The smallest absolute Gasteiger partial charge is 0.237 e. The fourth-order valence-electron chi connectivity index (χ4n) is 2.41. The quantitative estimate of drug-likeness (QED) is 0.706. The van der Waals surface area contributed by atoms with Gasteiger partial charge in [0.05, 0.1) is 18.0 Å². The predicted molar refractivity (Wildman–Crippen MR) is 103 cm³/mol. The lowest BCUT2D eigenvalue weighted by atomic mass is 10.1. The van der Waals surface area contributed by atoms with Gasteiger partial charge in [0.25, 0.3) is 0 Å². The summed E-state index contributed by atoms with van der Waals surface area (Å²) in [5, 5.41) is 2.88. The van der Waals surface area contributed by atoms with Gasteiger partial charge in [-0.3, -0.25) is 4.79 Å². The van der Waals surface area contributed by atoms with Crippen LogP contribution in [0.15, 0.2) is 48.5 Å². The molecule has 4 heteroatoms. The molecule has 128 valence electrons. The van der Waals surface area contributed by atoms with Gasteiger partial charge in [0, 0.05) is 0 Å². The zero-order valence-electron chi connectivity index (χ0n) is 14.5. The molecular weight excluding hydrogens is 318 g/mol. The topological polar surface area (TPSA) is 38.3 Å². The number of nitrogens with one attached hydrogen (secondary N) is 1. The molecular formula is C20H25NO2S. The summed E-state index contributed by atoms with van der Waals surface area (Å²) in [6.45, 7) is 3.95. The molecule has 1 atom stereocenters. The minimum absolute atomic E-state index is 0.0172. The molecule has 24 heavy (non-hydrogen) atoms. The number of hydrogen-bond acceptors (Lipinski definition) is 3. The normalized spacial score (nSPS) is 11.8. The van der Waals surface area contributed by atoms with Crippen LogP contribution >= 0.6 is 11.8 Å². The maximum absolute atomic E-state index is 12.4. The second kappa shape index (κ2) is 9.38. The summed E-state index contributed by atoms with van der Waals surface area (Å²) >= 11 is 1.69. The van der Waals surface area contributed by atoms with Gasteiger partial charge in [-0.25, -0.2) is 0 Å². The van der Waals surface area contributed by atoms with Gasteiger partial charge in [-0.2, -0.15) is 0 Å². The Labute approximate surface area is 148 Å². The van der Waals surface area contributed by atoms with Gasteiger partial charge in [-0.15, -0.1) is 11.8 Å². The molecule has 2 aromatic rings. The van der Waals surface area contributed by atoms with Gasteiger partial charge in [-0.05, 0) is 55.7 Å². The fraction of sp³-hybridized carbons (Fsp3) is 0.350. The van der Waals surface area contributed by atoms with Crippen LogP contribution in [0.1, 0.15) is 24.5 Å². The van der Waals surface area contributed by atoms with Crippen LogP contribution in [0.25, 0.3) is 0 Å². The molecule has 3 nitrogen and oxygen atoms in total. The Kier molecular flexibility index (Phi) is 7.19. The molecule has 0 saturated heterocycles. The number of hydrogen-bond donors (Lipinski definition) is 1. The first kappa shape index (κ1) is 18.4. The fourth-order valence-corrected chi connectivity index (χ4v) is 3.29. The van der Waals surface area contributed by atoms with E-state index in [1.54, 1.807) is 18.9 Å². The van der Waals surface area contributed by atoms with Crippen molar-refractivity contribution >= 4 is 23.4 Å². The van der Waals surface area contributed by atoms with Crippen molar-refractivity contribution in [2.75, 3.05) is 18.2 Å². The zero-order chi connectivity index (χ0) is 17.4. The summed E-state index contributed by atoms with van der Waals surface area (Å²) in [6.07, 6.45) is 2.12. The first-order valence-electron chi connectivity index (χ1n) is 8.21. The third kappa shape index (κ3) is 5.60. The number of ether oxygens (including phenoxy) is 1. The summed E-state index contributed by atoms with van der Waals surface area (Å²) in [4.78, 5) is 12.4. The van der Waals surface area contributed by atoms with E-state index in [1.807, 2.05) is 38.1 Å². The first-order chi connectivity index (χ1) is 11.6. The Morgan fingerprint density at radius 1 is 1.21 bits per heavy atom. The highest BCUT2D eigenvalue weighted by atomic mass is 32.2. The predicted octanol–water partition coefficient (Wildman–Crippen LogP) is 4.70. The molecule has 1 N–H and O–H groups in total. The van der Waals surface area contributed by atoms with Crippen molar-refractivity contribution in [3.05, 3.63) is 59.7 Å². The van der Waals surface area contributed by atoms with E-state index in [1.165, 1.54) is 5.56 Å². The maximum atomic E-state index is 12.4. The van der Waals surface area contributed by atoms with Crippen LogP contribution in [-0.2, 0) is 11.2 Å². The minimum atomic E-state index is -0.0917. The van der Waals surface area contributed by atoms with Crippen LogP contribution in [0.2, 0.25) is 0 Å². The molecule has 0 aliphatic rings. The second-order valence-electron chi connectivity index (χ2n) is 5.80. The summed E-state index contributed by atoms with van der Waals surface area (Å²) < 4.78 is 5.31. The van der Waals surface area contributed by atoms with Crippen LogP contribution in [0, 0.1) is 6.92 Å². The highest BCUT2D eigenvalue weighted by molar-refractivity contribution is 8.00. The largest absolute Gasteiger partial charge is 0.495 e. The van der Waals surface area contributed by atoms with Crippen molar-refractivity contribution in [1.82, 2.24) is 0 Å². The number of methoxy groups -OCH3 is 1. The zero-order valence-corrected chi connectivity index (χ0v) is 15.4. The van der Waals surface area contributed by atoms with E-state index in [4.69, 9.17) is 4.74 Å². The van der Waals surface area contributed by atoms with E-state index in [0.29, 0.717) is 5.75 Å². The lowest BCUT2D eigenvalue weighted by Crippen LogP contribution is -2.23. The number of rotatable bonds is 8. The van der Waals surface area contributed by atoms with Gasteiger partial charge in [0.15, 0.2) is 0 Å². The van der Waals surface area contributed by atoms with Crippen molar-refractivity contribution in [2.24, 2.45) is 0 Å². The van der Waals surface area contributed by atoms with Crippen molar-refractivity contribution in [1.29, 1.82) is 0 Å². The highest BCUT2D eigenvalue weighted by Crippen LogP contribution is 2.26. The van der Waals surface area contributed by atoms with E-state index in [-0.39, 0.29) is 11.2 Å². The van der Waals surface area contributed by atoms with Gasteiger partial charge in [0.1, 0.15) is 5.75 Å². The number of anilines is 1. The molecule has 0 aliphatic carbocycles. The molecule has 0 bridgehead atoms. The Hall–Kier alpha value is -1.94. The van der Waals surface area contributed by atoms with E-state index < -0.39 is 0 Å². The third-order valence-electron chi connectivity index (χ3n) is 3.80. The summed E-state index contributed by atoms with van der Waals surface area (Å²) in [5.74, 6) is 1.67. The molecule has 0 radical (unpaired) electrons. The van der Waals surface area contributed by atoms with E-state index in [0.717, 1.165) is 29.8 Å². The molecule has 0 heterocycles. The van der Waals surface area contributed by atoms with Crippen LogP contribution in [0.4, 0.5) is 5.69 Å². The van der Waals surface area contributed by atoms with Gasteiger partial charge in [0.2, 0.25) is 5.91 Å². The third-order valence-corrected chi connectivity index (χ3v) is 5.04. The number of aryl methyl sites for hydroxylation is 2. The van der Waals surface area contributed by atoms with E-state index >= 15 is 0 Å². The average molecular weight is 343 g/mol. The Morgan fingerprint density at radius 3 is 2.67 bits per heavy atom. The number of benzene rings is 2. The van der Waals surface area contributed by atoms with Gasteiger partial charge >= 0.3 is 0 Å². The van der Waals surface area contributed by atoms with Crippen molar-refractivity contribution in [2.45, 2.75) is 31.9 Å². The Bertz CT molecular complexity index is 658. The maximum Gasteiger partial charge on any atom is 0.237 e. The van der Waals surface area contributed by atoms with Gasteiger partial charge in [-0.1, -0.05) is 36.4 Å². The summed E-state index contributed by atoms with van der Waals surface area (Å²) in [5.41, 5.74) is 3.17. The van der Waals surface area contributed by atoms with Crippen molar-refractivity contribution < 1.29 is 9.53 Å². The SMILES string of the molecule is COc1ccc(C)cc1NC(=O)C(C)SCCCc1ccccc1. The molecule has 0 fully saturated rings. The number of carbonyl (C=O) groups is 1. The van der Waals surface area contributed by atoms with Crippen LogP contribution in [0.3, 0.4) is 0 Å². The molecule has 1 unspecified atom stereocenters. The average Bonchev–Trinajstić information content (AvgIpc) is 2.59. The van der Waals surface area contributed by atoms with E-state index in [9.17, 15) is 4.79 Å². The lowest BCUT2D eigenvalue weighted by Gasteiger charge is -2.14. The number of thioether (sulfide) groups is 1. The number of carbonyl (C=O) groups excluding carboxylic acids is 1. The summed E-state index contributed by atoms with van der Waals surface area (Å²) in [6, 6.07) is 16.2. The highest BCUT2D eigenvalue weighted by Gasteiger charge is 2.15. The minimum Gasteiger partial charge on any atom is -0.495 e. The van der Waals surface area contributed by atoms with Crippen molar-refractivity contribution in [3.63, 3.8) is 0 Å². The molecule has 0 aliphatic heterocycles. The van der Waals surface area contributed by atoms with Crippen molar-refractivity contribution in [3.8, 4) is 5.75 Å². The molecule has 0 spiro atoms. The second-order valence-corrected chi connectivity index (χ2v) is 7.24. The molecule has 1 amide bonds. The molecule has 0 saturated carbocycles. The van der Waals surface area contributed by atoms with Gasteiger partial charge < -0.3 is 10.1 Å². The molecule has 0 aromatic heterocycles. The van der Waals surface area contributed by atoms with Crippen LogP contribution in [0.5, 0.6) is 5.75 Å². The monoisotopic (exact) mass is 343 g/mol. The summed E-state index contributed by atoms with van der Waals surface area (Å²) in [7, 11) is 1.61. The van der Waals surface area contributed by atoms with Crippen LogP contribution in [-0.4, -0.2) is 24.0 Å². The molecule has 2 rings (SSSR count). The number of amides is 1.